The summed E-state index contributed by atoms with van der Waals surface area (Å²) in [7, 11) is 0. The lowest BCUT2D eigenvalue weighted by molar-refractivity contribution is -0.118. The van der Waals surface area contributed by atoms with Crippen molar-refractivity contribution in [1.82, 2.24) is 0 Å². The van der Waals surface area contributed by atoms with Gasteiger partial charge in [-0.1, -0.05) is 50.6 Å². The van der Waals surface area contributed by atoms with Gasteiger partial charge in [0.25, 0.3) is 0 Å². The summed E-state index contributed by atoms with van der Waals surface area (Å²) in [5.41, 5.74) is 2.35. The quantitative estimate of drug-likeness (QED) is 0.602. The van der Waals surface area contributed by atoms with E-state index in [-0.39, 0.29) is 11.4 Å². The van der Waals surface area contributed by atoms with Gasteiger partial charge in [0.1, 0.15) is 0 Å². The van der Waals surface area contributed by atoms with Crippen molar-refractivity contribution in [3.8, 4) is 0 Å². The molecule has 1 heterocycles. The molecule has 120 valence electrons. The number of halogens is 1. The van der Waals surface area contributed by atoms with Gasteiger partial charge in [-0.15, -0.1) is 0 Å². The average molecular weight is 320 g/mol. The van der Waals surface area contributed by atoms with Crippen molar-refractivity contribution in [3.05, 3.63) is 28.8 Å². The maximum atomic E-state index is 12.5. The molecule has 0 N–H and O–H groups in total. The largest absolute Gasteiger partial charge is 0.306 e. The van der Waals surface area contributed by atoms with Crippen LogP contribution in [0.4, 0.5) is 5.69 Å². The lowest BCUT2D eigenvalue weighted by Gasteiger charge is -2.51. The second-order valence-corrected chi connectivity index (χ2v) is 7.59. The smallest absolute Gasteiger partial charge is 0.224 e. The molecule has 1 spiro atoms. The molecule has 1 aromatic rings. The van der Waals surface area contributed by atoms with Crippen LogP contribution >= 0.6 is 11.6 Å². The normalized spacial score (nSPS) is 24.5. The second kappa shape index (κ2) is 6.23. The first-order valence-corrected chi connectivity index (χ1v) is 9.01. The molecule has 0 aromatic heterocycles. The van der Waals surface area contributed by atoms with E-state index in [0.29, 0.717) is 5.92 Å². The zero-order chi connectivity index (χ0) is 15.7. The lowest BCUT2D eigenvalue weighted by atomic mass is 9.71. The molecular formula is C19H26ClNO. The van der Waals surface area contributed by atoms with Crippen LogP contribution in [0.25, 0.3) is 0 Å². The van der Waals surface area contributed by atoms with E-state index in [0.717, 1.165) is 30.0 Å². The van der Waals surface area contributed by atoms with Crippen molar-refractivity contribution in [1.29, 1.82) is 0 Å². The molecule has 1 aliphatic carbocycles. The Kier molecular flexibility index (Phi) is 4.49. The van der Waals surface area contributed by atoms with Crippen LogP contribution in [-0.4, -0.2) is 11.4 Å². The molecule has 0 bridgehead atoms. The van der Waals surface area contributed by atoms with Crippen LogP contribution < -0.4 is 4.90 Å². The van der Waals surface area contributed by atoms with Gasteiger partial charge in [-0.2, -0.15) is 0 Å². The van der Waals surface area contributed by atoms with Gasteiger partial charge in [-0.3, -0.25) is 4.79 Å². The Morgan fingerprint density at radius 1 is 1.18 bits per heavy atom. The number of anilines is 1. The van der Waals surface area contributed by atoms with Crippen molar-refractivity contribution in [2.24, 2.45) is 0 Å². The standard InChI is InChI=1S/C19H26ClNO/c1-14-13-19(10-6-4-3-5-7-11-19)21(15(2)22)18-9-8-16(20)12-17(14)18/h8-9,12,14H,3-7,10-11,13H2,1-2H3. The van der Waals surface area contributed by atoms with Gasteiger partial charge in [0.05, 0.1) is 0 Å². The fourth-order valence-corrected chi connectivity index (χ4v) is 4.83. The summed E-state index contributed by atoms with van der Waals surface area (Å²) in [5.74, 6) is 0.639. The molecule has 1 unspecified atom stereocenters. The molecule has 2 aliphatic rings. The molecular weight excluding hydrogens is 294 g/mol. The molecule has 1 fully saturated rings. The number of amides is 1. The van der Waals surface area contributed by atoms with E-state index in [1.165, 1.54) is 37.7 Å². The zero-order valence-corrected chi connectivity index (χ0v) is 14.5. The lowest BCUT2D eigenvalue weighted by Crippen LogP contribution is -2.55. The van der Waals surface area contributed by atoms with Crippen molar-refractivity contribution < 1.29 is 4.79 Å². The Bertz CT molecular complexity index is 561. The highest BCUT2D eigenvalue weighted by Gasteiger charge is 2.44. The minimum absolute atomic E-state index is 0.0203. The van der Waals surface area contributed by atoms with E-state index >= 15 is 0 Å². The summed E-state index contributed by atoms with van der Waals surface area (Å²) < 4.78 is 0. The van der Waals surface area contributed by atoms with Crippen LogP contribution in [0.15, 0.2) is 18.2 Å². The van der Waals surface area contributed by atoms with Gasteiger partial charge >= 0.3 is 0 Å². The van der Waals surface area contributed by atoms with Crippen LogP contribution in [0.3, 0.4) is 0 Å². The first-order valence-electron chi connectivity index (χ1n) is 8.64. The van der Waals surface area contributed by atoms with E-state index in [2.05, 4.69) is 17.9 Å². The topological polar surface area (TPSA) is 20.3 Å². The van der Waals surface area contributed by atoms with Crippen LogP contribution in [0, 0.1) is 0 Å². The molecule has 0 saturated heterocycles. The van der Waals surface area contributed by atoms with Crippen molar-refractivity contribution in [2.45, 2.75) is 76.7 Å². The Labute approximate surface area is 138 Å². The van der Waals surface area contributed by atoms with Crippen molar-refractivity contribution in [2.75, 3.05) is 4.90 Å². The zero-order valence-electron chi connectivity index (χ0n) is 13.7. The number of carbonyl (C=O) groups excluding carboxylic acids is 1. The second-order valence-electron chi connectivity index (χ2n) is 7.15. The SMILES string of the molecule is CC(=O)N1c2ccc(Cl)cc2C(C)CC12CCCCCCC2. The van der Waals surface area contributed by atoms with Crippen molar-refractivity contribution >= 4 is 23.2 Å². The van der Waals surface area contributed by atoms with Gasteiger partial charge in [0.15, 0.2) is 0 Å². The highest BCUT2D eigenvalue weighted by atomic mass is 35.5. The number of fused-ring (bicyclic) bond motifs is 1. The van der Waals surface area contributed by atoms with Crippen molar-refractivity contribution in [3.63, 3.8) is 0 Å². The fourth-order valence-electron chi connectivity index (χ4n) is 4.65. The van der Waals surface area contributed by atoms with E-state index in [9.17, 15) is 4.79 Å². The average Bonchev–Trinajstić information content (AvgIpc) is 2.44. The van der Waals surface area contributed by atoms with Crippen LogP contribution in [0.5, 0.6) is 0 Å². The van der Waals surface area contributed by atoms with E-state index in [1.807, 2.05) is 12.1 Å². The minimum atomic E-state index is 0.0203. The summed E-state index contributed by atoms with van der Waals surface area (Å²) in [5, 5.41) is 0.766. The first kappa shape index (κ1) is 15.9. The third kappa shape index (κ3) is 2.78. The van der Waals surface area contributed by atoms with Gasteiger partial charge < -0.3 is 4.90 Å². The van der Waals surface area contributed by atoms with E-state index in [1.54, 1.807) is 6.92 Å². The summed E-state index contributed by atoms with van der Waals surface area (Å²) in [6.45, 7) is 4.00. The van der Waals surface area contributed by atoms with Crippen LogP contribution in [0.2, 0.25) is 5.02 Å². The molecule has 1 atom stereocenters. The Hall–Kier alpha value is -1.02. The van der Waals surface area contributed by atoms with E-state index < -0.39 is 0 Å². The van der Waals surface area contributed by atoms with Gasteiger partial charge in [-0.25, -0.2) is 0 Å². The monoisotopic (exact) mass is 319 g/mol. The van der Waals surface area contributed by atoms with Gasteiger partial charge in [0.2, 0.25) is 5.91 Å². The maximum Gasteiger partial charge on any atom is 0.224 e. The first-order chi connectivity index (χ1) is 10.5. The van der Waals surface area contributed by atoms with Gasteiger partial charge in [0, 0.05) is 23.2 Å². The fraction of sp³-hybridized carbons (Fsp3) is 0.632. The summed E-state index contributed by atoms with van der Waals surface area (Å²) in [4.78, 5) is 14.6. The predicted octanol–water partition coefficient (Wildman–Crippen LogP) is 5.68. The summed E-state index contributed by atoms with van der Waals surface area (Å²) in [6, 6.07) is 6.02. The van der Waals surface area contributed by atoms with E-state index in [4.69, 9.17) is 11.6 Å². The molecule has 1 aromatic carbocycles. The highest BCUT2D eigenvalue weighted by molar-refractivity contribution is 6.30. The number of rotatable bonds is 0. The molecule has 22 heavy (non-hydrogen) atoms. The minimum Gasteiger partial charge on any atom is -0.306 e. The predicted molar refractivity (Wildman–Crippen MR) is 92.7 cm³/mol. The molecule has 0 radical (unpaired) electrons. The number of benzene rings is 1. The van der Waals surface area contributed by atoms with Crippen LogP contribution in [-0.2, 0) is 4.79 Å². The number of carbonyl (C=O) groups is 1. The van der Waals surface area contributed by atoms with Gasteiger partial charge in [-0.05, 0) is 48.9 Å². The molecule has 1 saturated carbocycles. The Morgan fingerprint density at radius 3 is 2.45 bits per heavy atom. The number of hydrogen-bond acceptors (Lipinski definition) is 1. The molecule has 2 nitrogen and oxygen atoms in total. The Balaban J connectivity index is 2.07. The molecule has 1 amide bonds. The summed E-state index contributed by atoms with van der Waals surface area (Å²) >= 11 is 6.19. The number of nitrogens with zero attached hydrogens (tertiary/aromatic N) is 1. The maximum absolute atomic E-state index is 12.5. The third-order valence-corrected chi connectivity index (χ3v) is 5.76. The third-order valence-electron chi connectivity index (χ3n) is 5.52. The summed E-state index contributed by atoms with van der Waals surface area (Å²) in [6.07, 6.45) is 9.76. The molecule has 1 aliphatic heterocycles. The number of hydrogen-bond donors (Lipinski definition) is 0. The highest BCUT2D eigenvalue weighted by Crippen LogP contribution is 2.49. The Morgan fingerprint density at radius 2 is 1.82 bits per heavy atom. The van der Waals surface area contributed by atoms with Crippen LogP contribution in [0.1, 0.15) is 76.7 Å². The molecule has 3 rings (SSSR count). The molecule has 3 heteroatoms.